The highest BCUT2D eigenvalue weighted by atomic mass is 15.1. The number of nitrogens with zero attached hydrogens (tertiary/aromatic N) is 1. The fourth-order valence-electron chi connectivity index (χ4n) is 5.95. The third-order valence-electron chi connectivity index (χ3n) is 8.92. The summed E-state index contributed by atoms with van der Waals surface area (Å²) in [6, 6.07) is 0. The molecule has 0 heterocycles. The molecule has 0 aromatic rings. The van der Waals surface area contributed by atoms with E-state index in [4.69, 9.17) is 0 Å². The summed E-state index contributed by atoms with van der Waals surface area (Å²) in [5, 5.41) is 0. The number of unbranched alkanes of at least 4 members (excludes halogenated alkanes) is 26. The quantitative estimate of drug-likeness (QED) is 0.0538. The van der Waals surface area contributed by atoms with Crippen LogP contribution in [0.4, 0.5) is 0 Å². The van der Waals surface area contributed by atoms with Gasteiger partial charge in [0.1, 0.15) is 0 Å². The molecule has 0 saturated carbocycles. The van der Waals surface area contributed by atoms with E-state index >= 15 is 0 Å². The molecule has 0 aromatic heterocycles. The van der Waals surface area contributed by atoms with Gasteiger partial charge in [-0.3, -0.25) is 0 Å². The second-order valence-corrected chi connectivity index (χ2v) is 13.0. The van der Waals surface area contributed by atoms with Gasteiger partial charge in [-0.2, -0.15) is 0 Å². The van der Waals surface area contributed by atoms with E-state index in [0.717, 1.165) is 0 Å². The molecule has 0 fully saturated rings. The Morgan fingerprint density at radius 2 is 0.537 bits per heavy atom. The minimum atomic E-state index is 1.23. The van der Waals surface area contributed by atoms with Crippen LogP contribution in [0.2, 0.25) is 0 Å². The van der Waals surface area contributed by atoms with Crippen LogP contribution in [0.3, 0.4) is 0 Å². The second kappa shape index (κ2) is 37.5. The van der Waals surface area contributed by atoms with E-state index in [0.29, 0.717) is 0 Å². The van der Waals surface area contributed by atoms with Gasteiger partial charge in [-0.1, -0.05) is 173 Å². The Hall–Kier alpha value is -0.560. The van der Waals surface area contributed by atoms with E-state index in [9.17, 15) is 0 Å². The normalized spacial score (nSPS) is 12.1. The third-order valence-corrected chi connectivity index (χ3v) is 8.92. The molecule has 0 radical (unpaired) electrons. The van der Waals surface area contributed by atoms with E-state index < -0.39 is 0 Å². The van der Waals surface area contributed by atoms with E-state index in [1.165, 1.54) is 212 Å². The monoisotopic (exact) mass is 574 g/mol. The first-order chi connectivity index (χ1) is 20.3. The van der Waals surface area contributed by atoms with Crippen molar-refractivity contribution in [3.8, 4) is 0 Å². The molecule has 1 nitrogen and oxygen atoms in total. The van der Waals surface area contributed by atoms with Crippen molar-refractivity contribution < 1.29 is 0 Å². The summed E-state index contributed by atoms with van der Waals surface area (Å²) < 4.78 is 0. The van der Waals surface area contributed by atoms with Crippen molar-refractivity contribution in [1.29, 1.82) is 0 Å². The highest BCUT2D eigenvalue weighted by Gasteiger charge is 2.02. The van der Waals surface area contributed by atoms with Crippen molar-refractivity contribution in [2.24, 2.45) is 0 Å². The molecular weight excluding hydrogens is 494 g/mol. The van der Waals surface area contributed by atoms with Crippen LogP contribution in [0.5, 0.6) is 0 Å². The lowest BCUT2D eigenvalue weighted by Crippen LogP contribution is -2.25. The first-order valence-electron chi connectivity index (χ1n) is 19.4. The first kappa shape index (κ1) is 40.4. The standard InChI is InChI=1S/C40H79N/c1-4-7-9-11-13-15-17-19-21-23-24-26-28-30-32-34-36-38-40-41(6-3)39-37-35-33-31-29-27-25-22-20-18-16-14-12-10-8-5-2/h20-23H,4-19,24-40H2,1-3H3/b22-20-,23-21-. The van der Waals surface area contributed by atoms with Crippen LogP contribution in [0, 0.1) is 0 Å². The fraction of sp³-hybridized carbons (Fsp3) is 0.900. The number of rotatable bonds is 35. The van der Waals surface area contributed by atoms with Crippen molar-refractivity contribution in [2.45, 2.75) is 213 Å². The maximum absolute atomic E-state index is 2.70. The van der Waals surface area contributed by atoms with Crippen LogP contribution in [0.15, 0.2) is 24.3 Å². The van der Waals surface area contributed by atoms with Crippen LogP contribution in [-0.4, -0.2) is 24.5 Å². The highest BCUT2D eigenvalue weighted by Crippen LogP contribution is 2.13. The molecular formula is C40H79N. The number of hydrogen-bond acceptors (Lipinski definition) is 1. The Morgan fingerprint density at radius 3 is 0.805 bits per heavy atom. The zero-order valence-electron chi connectivity index (χ0n) is 29.1. The average molecular weight is 574 g/mol. The first-order valence-corrected chi connectivity index (χ1v) is 19.4. The predicted octanol–water partition coefficient (Wildman–Crippen LogP) is 14.2. The molecule has 244 valence electrons. The second-order valence-electron chi connectivity index (χ2n) is 13.0. The molecule has 0 rings (SSSR count). The van der Waals surface area contributed by atoms with Gasteiger partial charge in [-0.25, -0.2) is 0 Å². The minimum absolute atomic E-state index is 1.23. The highest BCUT2D eigenvalue weighted by molar-refractivity contribution is 4.82. The van der Waals surface area contributed by atoms with Crippen LogP contribution in [0.1, 0.15) is 213 Å². The van der Waals surface area contributed by atoms with E-state index in [2.05, 4.69) is 50.0 Å². The molecule has 41 heavy (non-hydrogen) atoms. The Bertz CT molecular complexity index is 507. The molecule has 0 saturated heterocycles. The van der Waals surface area contributed by atoms with E-state index in [1.54, 1.807) is 0 Å². The van der Waals surface area contributed by atoms with Crippen molar-refractivity contribution in [1.82, 2.24) is 4.90 Å². The van der Waals surface area contributed by atoms with Gasteiger partial charge in [0, 0.05) is 0 Å². The molecule has 0 spiro atoms. The largest absolute Gasteiger partial charge is 0.304 e. The number of hydrogen-bond donors (Lipinski definition) is 0. The molecule has 0 N–H and O–H groups in total. The van der Waals surface area contributed by atoms with Gasteiger partial charge in [0.05, 0.1) is 0 Å². The Morgan fingerprint density at radius 1 is 0.293 bits per heavy atom. The molecule has 0 amide bonds. The van der Waals surface area contributed by atoms with Gasteiger partial charge in [0.2, 0.25) is 0 Å². The summed E-state index contributed by atoms with van der Waals surface area (Å²) in [6.45, 7) is 10.8. The van der Waals surface area contributed by atoms with E-state index in [1.807, 2.05) is 0 Å². The maximum atomic E-state index is 2.70. The fourth-order valence-corrected chi connectivity index (χ4v) is 5.95. The number of allylic oxidation sites excluding steroid dienone is 4. The van der Waals surface area contributed by atoms with Crippen molar-refractivity contribution >= 4 is 0 Å². The average Bonchev–Trinajstić information content (AvgIpc) is 2.99. The van der Waals surface area contributed by atoms with Crippen molar-refractivity contribution in [3.63, 3.8) is 0 Å². The van der Waals surface area contributed by atoms with Gasteiger partial charge < -0.3 is 4.90 Å². The predicted molar refractivity (Wildman–Crippen MR) is 190 cm³/mol. The van der Waals surface area contributed by atoms with Gasteiger partial charge in [0.25, 0.3) is 0 Å². The molecule has 0 unspecified atom stereocenters. The smallest absolute Gasteiger partial charge is 0.00189 e. The Balaban J connectivity index is 3.33. The summed E-state index contributed by atoms with van der Waals surface area (Å²) in [6.07, 6.45) is 52.0. The van der Waals surface area contributed by atoms with Crippen molar-refractivity contribution in [2.75, 3.05) is 19.6 Å². The molecule has 0 aliphatic rings. The summed E-state index contributed by atoms with van der Waals surface area (Å²) >= 11 is 0. The molecule has 0 aliphatic heterocycles. The van der Waals surface area contributed by atoms with Gasteiger partial charge >= 0.3 is 0 Å². The van der Waals surface area contributed by atoms with E-state index in [-0.39, 0.29) is 0 Å². The summed E-state index contributed by atoms with van der Waals surface area (Å²) in [5.41, 5.74) is 0. The Kier molecular flexibility index (Phi) is 37.0. The zero-order chi connectivity index (χ0) is 29.7. The lowest BCUT2D eigenvalue weighted by Gasteiger charge is -2.20. The van der Waals surface area contributed by atoms with Crippen LogP contribution < -0.4 is 0 Å². The zero-order valence-corrected chi connectivity index (χ0v) is 29.1. The molecule has 0 aliphatic carbocycles. The lowest BCUT2D eigenvalue weighted by atomic mass is 10.1. The Labute approximate surface area is 261 Å². The third kappa shape index (κ3) is 35.5. The minimum Gasteiger partial charge on any atom is -0.304 e. The maximum Gasteiger partial charge on any atom is -0.00189 e. The van der Waals surface area contributed by atoms with Gasteiger partial charge in [0.15, 0.2) is 0 Å². The summed E-state index contributed by atoms with van der Waals surface area (Å²) in [5.74, 6) is 0. The molecule has 0 aromatic carbocycles. The van der Waals surface area contributed by atoms with Gasteiger partial charge in [-0.15, -0.1) is 0 Å². The van der Waals surface area contributed by atoms with Crippen LogP contribution in [0.25, 0.3) is 0 Å². The summed E-state index contributed by atoms with van der Waals surface area (Å²) in [4.78, 5) is 2.70. The SMILES string of the molecule is CCCCCCCC/C=C\CCCCCCCCN(CC)CCCCCCCCC/C=C\CCCCCCCCC. The molecule has 0 bridgehead atoms. The van der Waals surface area contributed by atoms with Crippen LogP contribution >= 0.6 is 0 Å². The van der Waals surface area contributed by atoms with Crippen LogP contribution in [-0.2, 0) is 0 Å². The molecule has 0 atom stereocenters. The van der Waals surface area contributed by atoms with Gasteiger partial charge in [-0.05, 0) is 83.8 Å². The summed E-state index contributed by atoms with van der Waals surface area (Å²) in [7, 11) is 0. The van der Waals surface area contributed by atoms with Crippen molar-refractivity contribution in [3.05, 3.63) is 24.3 Å². The topological polar surface area (TPSA) is 3.24 Å². The lowest BCUT2D eigenvalue weighted by molar-refractivity contribution is 0.273. The molecule has 1 heteroatoms.